The third kappa shape index (κ3) is 6.82. The van der Waals surface area contributed by atoms with Crippen LogP contribution in [-0.2, 0) is 15.0 Å². The SMILES string of the molecule is CC(C)n1nccc1C(=O)NC(C(=O)Nc1ccc(C(C)(C)C(=O)NCC(F)(F)F)cc1F)C(C1CC1)C1CC1. The molecule has 2 aliphatic carbocycles. The summed E-state index contributed by atoms with van der Waals surface area (Å²) in [7, 11) is 0. The second-order valence-corrected chi connectivity index (χ2v) is 11.6. The number of carbonyl (C=O) groups excluding carboxylic acids is 3. The van der Waals surface area contributed by atoms with Crippen LogP contribution in [0.15, 0.2) is 30.5 Å². The first-order valence-electron chi connectivity index (χ1n) is 13.5. The van der Waals surface area contributed by atoms with Gasteiger partial charge in [-0.2, -0.15) is 18.3 Å². The van der Waals surface area contributed by atoms with Crippen LogP contribution in [0, 0.1) is 23.6 Å². The Kier molecular flexibility index (Phi) is 8.28. The second-order valence-electron chi connectivity index (χ2n) is 11.6. The molecule has 0 aliphatic heterocycles. The predicted octanol–water partition coefficient (Wildman–Crippen LogP) is 4.73. The van der Waals surface area contributed by atoms with Crippen molar-refractivity contribution in [2.75, 3.05) is 11.9 Å². The number of amides is 3. The van der Waals surface area contributed by atoms with Gasteiger partial charge in [0.2, 0.25) is 11.8 Å². The monoisotopic (exact) mass is 565 g/mol. The average molecular weight is 566 g/mol. The van der Waals surface area contributed by atoms with Crippen LogP contribution in [-0.4, -0.2) is 46.3 Å². The van der Waals surface area contributed by atoms with Crippen LogP contribution in [0.1, 0.15) is 75.5 Å². The molecule has 1 heterocycles. The van der Waals surface area contributed by atoms with Gasteiger partial charge in [0, 0.05) is 12.2 Å². The zero-order chi connectivity index (χ0) is 29.4. The van der Waals surface area contributed by atoms with Crippen molar-refractivity contribution in [2.24, 2.45) is 17.8 Å². The standard InChI is InChI=1S/C28H35F4N5O3/c1-15(2)37-21(11-12-34-37)24(38)36-23(22(16-5-6-16)17-7-8-17)25(39)35-20-10-9-18(13-19(20)29)27(3,4)26(40)33-14-28(30,31)32/h9-13,15-17,22-23H,5-8,14H2,1-4H3,(H,33,40)(H,35,39)(H,36,38). The molecule has 2 aliphatic rings. The normalized spacial score (nSPS) is 16.6. The van der Waals surface area contributed by atoms with Crippen LogP contribution in [0.4, 0.5) is 23.2 Å². The lowest BCUT2D eigenvalue weighted by atomic mass is 9.83. The maximum atomic E-state index is 15.2. The molecule has 2 fully saturated rings. The zero-order valence-corrected chi connectivity index (χ0v) is 22.9. The van der Waals surface area contributed by atoms with Crippen LogP contribution < -0.4 is 16.0 Å². The number of nitrogens with zero attached hydrogens (tertiary/aromatic N) is 2. The first kappa shape index (κ1) is 29.5. The maximum absolute atomic E-state index is 15.2. The van der Waals surface area contributed by atoms with Crippen LogP contribution in [0.2, 0.25) is 0 Å². The van der Waals surface area contributed by atoms with Gasteiger partial charge >= 0.3 is 6.18 Å². The first-order valence-corrected chi connectivity index (χ1v) is 13.5. The molecule has 1 atom stereocenters. The summed E-state index contributed by atoms with van der Waals surface area (Å²) in [5.41, 5.74) is -1.16. The van der Waals surface area contributed by atoms with Gasteiger partial charge in [-0.3, -0.25) is 19.1 Å². The topological polar surface area (TPSA) is 105 Å². The Hall–Kier alpha value is -3.44. The smallest absolute Gasteiger partial charge is 0.346 e. The van der Waals surface area contributed by atoms with E-state index in [9.17, 15) is 27.6 Å². The molecule has 2 aromatic rings. The van der Waals surface area contributed by atoms with Crippen LogP contribution in [0.25, 0.3) is 0 Å². The van der Waals surface area contributed by atoms with E-state index in [1.165, 1.54) is 32.2 Å². The van der Waals surface area contributed by atoms with E-state index < -0.39 is 47.7 Å². The number of aromatic nitrogens is 2. The fraction of sp³-hybridized carbons (Fsp3) is 0.571. The van der Waals surface area contributed by atoms with Crippen LogP contribution >= 0.6 is 0 Å². The Morgan fingerprint density at radius 2 is 1.68 bits per heavy atom. The van der Waals surface area contributed by atoms with E-state index in [0.717, 1.165) is 31.7 Å². The van der Waals surface area contributed by atoms with Gasteiger partial charge in [0.1, 0.15) is 24.1 Å². The highest BCUT2D eigenvalue weighted by atomic mass is 19.4. The van der Waals surface area contributed by atoms with E-state index in [4.69, 9.17) is 0 Å². The van der Waals surface area contributed by atoms with E-state index >= 15 is 4.39 Å². The van der Waals surface area contributed by atoms with Crippen molar-refractivity contribution in [3.63, 3.8) is 0 Å². The number of alkyl halides is 3. The lowest BCUT2D eigenvalue weighted by molar-refractivity contribution is -0.141. The molecule has 0 radical (unpaired) electrons. The van der Waals surface area contributed by atoms with Crippen molar-refractivity contribution in [3.05, 3.63) is 47.5 Å². The largest absolute Gasteiger partial charge is 0.405 e. The van der Waals surface area contributed by atoms with Gasteiger partial charge < -0.3 is 16.0 Å². The molecule has 12 heteroatoms. The van der Waals surface area contributed by atoms with E-state index in [1.54, 1.807) is 10.7 Å². The van der Waals surface area contributed by atoms with Crippen LogP contribution in [0.5, 0.6) is 0 Å². The van der Waals surface area contributed by atoms with E-state index in [1.807, 2.05) is 19.2 Å². The minimum atomic E-state index is -4.58. The maximum Gasteiger partial charge on any atom is 0.405 e. The third-order valence-electron chi connectivity index (χ3n) is 7.64. The molecule has 1 aromatic heterocycles. The van der Waals surface area contributed by atoms with Gasteiger partial charge in [-0.05, 0) is 94.9 Å². The quantitative estimate of drug-likeness (QED) is 0.343. The van der Waals surface area contributed by atoms with Crippen LogP contribution in [0.3, 0.4) is 0 Å². The molecule has 0 spiro atoms. The summed E-state index contributed by atoms with van der Waals surface area (Å²) in [6.07, 6.45) is 0.770. The number of anilines is 1. The molecule has 4 rings (SSSR count). The molecule has 3 N–H and O–H groups in total. The lowest BCUT2D eigenvalue weighted by Crippen LogP contribution is -2.50. The number of nitrogens with one attached hydrogen (secondary N) is 3. The van der Waals surface area contributed by atoms with Crippen molar-refractivity contribution in [1.29, 1.82) is 0 Å². The molecular weight excluding hydrogens is 530 g/mol. The number of hydrogen-bond acceptors (Lipinski definition) is 4. The van der Waals surface area contributed by atoms with Gasteiger partial charge in [-0.25, -0.2) is 4.39 Å². The molecular formula is C28H35F4N5O3. The van der Waals surface area contributed by atoms with Gasteiger partial charge in [-0.1, -0.05) is 6.07 Å². The summed E-state index contributed by atoms with van der Waals surface area (Å²) >= 11 is 0. The fourth-order valence-electron chi connectivity index (χ4n) is 5.10. The van der Waals surface area contributed by atoms with Crippen molar-refractivity contribution >= 4 is 23.4 Å². The lowest BCUT2D eigenvalue weighted by Gasteiger charge is -2.28. The Bertz CT molecular complexity index is 1250. The Labute approximate surface area is 230 Å². The Balaban J connectivity index is 1.53. The highest BCUT2D eigenvalue weighted by Gasteiger charge is 2.48. The fourth-order valence-corrected chi connectivity index (χ4v) is 5.10. The van der Waals surface area contributed by atoms with Crippen molar-refractivity contribution in [1.82, 2.24) is 20.4 Å². The molecule has 0 bridgehead atoms. The molecule has 218 valence electrons. The molecule has 1 unspecified atom stereocenters. The average Bonchev–Trinajstić information content (AvgIpc) is 3.82. The Morgan fingerprint density at radius 3 is 2.20 bits per heavy atom. The summed E-state index contributed by atoms with van der Waals surface area (Å²) in [6, 6.07) is 4.30. The predicted molar refractivity (Wildman–Crippen MR) is 140 cm³/mol. The third-order valence-corrected chi connectivity index (χ3v) is 7.64. The Morgan fingerprint density at radius 1 is 1.05 bits per heavy atom. The second kappa shape index (κ2) is 11.2. The van der Waals surface area contributed by atoms with Gasteiger partial charge in [0.05, 0.1) is 11.1 Å². The minimum absolute atomic E-state index is 0.0712. The highest BCUT2D eigenvalue weighted by Crippen LogP contribution is 2.51. The molecule has 40 heavy (non-hydrogen) atoms. The molecule has 1 aromatic carbocycles. The molecule has 0 saturated heterocycles. The summed E-state index contributed by atoms with van der Waals surface area (Å²) in [4.78, 5) is 39.2. The zero-order valence-electron chi connectivity index (χ0n) is 22.9. The summed E-state index contributed by atoms with van der Waals surface area (Å²) in [6.45, 7) is 5.04. The number of benzene rings is 1. The summed E-state index contributed by atoms with van der Waals surface area (Å²) in [5.74, 6) is -2.26. The molecule has 8 nitrogen and oxygen atoms in total. The number of halogens is 4. The number of hydrogen-bond donors (Lipinski definition) is 3. The summed E-state index contributed by atoms with van der Waals surface area (Å²) in [5, 5.41) is 11.5. The molecule has 2 saturated carbocycles. The van der Waals surface area contributed by atoms with E-state index in [-0.39, 0.29) is 23.2 Å². The van der Waals surface area contributed by atoms with Crippen molar-refractivity contribution in [3.8, 4) is 0 Å². The van der Waals surface area contributed by atoms with E-state index in [2.05, 4.69) is 15.7 Å². The number of carbonyl (C=O) groups is 3. The first-order chi connectivity index (χ1) is 18.7. The summed E-state index contributed by atoms with van der Waals surface area (Å²) < 4.78 is 54.4. The van der Waals surface area contributed by atoms with Gasteiger partial charge in [-0.15, -0.1) is 0 Å². The minimum Gasteiger partial charge on any atom is -0.346 e. The van der Waals surface area contributed by atoms with Crippen molar-refractivity contribution in [2.45, 2.75) is 77.1 Å². The van der Waals surface area contributed by atoms with E-state index in [0.29, 0.717) is 17.5 Å². The van der Waals surface area contributed by atoms with Gasteiger partial charge in [0.25, 0.3) is 5.91 Å². The van der Waals surface area contributed by atoms with Gasteiger partial charge in [0.15, 0.2) is 0 Å². The van der Waals surface area contributed by atoms with Crippen molar-refractivity contribution < 1.29 is 31.9 Å². The number of rotatable bonds is 11. The molecule has 3 amide bonds. The highest BCUT2D eigenvalue weighted by molar-refractivity contribution is 6.01.